The summed E-state index contributed by atoms with van der Waals surface area (Å²) in [5.74, 6) is 0. The number of rotatable bonds is 4. The van der Waals surface area contributed by atoms with E-state index < -0.39 is 9.84 Å². The maximum atomic E-state index is 11.5. The third kappa shape index (κ3) is 3.50. The van der Waals surface area contributed by atoms with Gasteiger partial charge in [0.15, 0.2) is 9.84 Å². The van der Waals surface area contributed by atoms with Gasteiger partial charge in [-0.05, 0) is 31.5 Å². The summed E-state index contributed by atoms with van der Waals surface area (Å²) in [7, 11) is -3.09. The van der Waals surface area contributed by atoms with E-state index >= 15 is 0 Å². The van der Waals surface area contributed by atoms with Gasteiger partial charge in [-0.3, -0.25) is 4.90 Å². The van der Waals surface area contributed by atoms with Crippen LogP contribution in [0.4, 0.5) is 0 Å². The normalized spacial score (nSPS) is 20.7. The Labute approximate surface area is 128 Å². The quantitative estimate of drug-likeness (QED) is 0.853. The average Bonchev–Trinajstić information content (AvgIpc) is 3.09. The molecule has 1 fully saturated rings. The molecule has 6 nitrogen and oxygen atoms in total. The Balaban J connectivity index is 1.66. The van der Waals surface area contributed by atoms with E-state index in [9.17, 15) is 8.42 Å². The Bertz CT molecular complexity index is 694. The Kier molecular flexibility index (Phi) is 4.10. The molecule has 0 amide bonds. The Hall–Kier alpha value is -1.25. The van der Waals surface area contributed by atoms with Gasteiger partial charge in [-0.15, -0.1) is 16.4 Å². The molecular weight excluding hydrogens is 308 g/mol. The number of hydrogen-bond donors (Lipinski definition) is 0. The van der Waals surface area contributed by atoms with Crippen LogP contribution in [-0.4, -0.2) is 47.7 Å². The topological polar surface area (TPSA) is 68.1 Å². The third-order valence-corrected chi connectivity index (χ3v) is 6.57. The molecule has 1 unspecified atom stereocenters. The first-order chi connectivity index (χ1) is 10.0. The first-order valence-corrected chi connectivity index (χ1v) is 9.60. The summed E-state index contributed by atoms with van der Waals surface area (Å²) in [6.45, 7) is 2.76. The molecule has 8 heteroatoms. The van der Waals surface area contributed by atoms with Crippen molar-refractivity contribution in [3.63, 3.8) is 0 Å². The molecule has 0 spiro atoms. The number of thiophene rings is 1. The molecule has 2 aromatic heterocycles. The molecule has 1 aliphatic rings. The molecular formula is C13H18N4O2S2. The molecule has 21 heavy (non-hydrogen) atoms. The molecule has 1 saturated heterocycles. The fourth-order valence-electron chi connectivity index (χ4n) is 2.67. The van der Waals surface area contributed by atoms with Crippen molar-refractivity contribution in [1.29, 1.82) is 0 Å². The van der Waals surface area contributed by atoms with E-state index in [4.69, 9.17) is 0 Å². The second-order valence-electron chi connectivity index (χ2n) is 5.41. The van der Waals surface area contributed by atoms with Crippen LogP contribution in [0.2, 0.25) is 0 Å². The summed E-state index contributed by atoms with van der Waals surface area (Å²) >= 11 is 1.37. The lowest BCUT2D eigenvalue weighted by Crippen LogP contribution is -2.36. The van der Waals surface area contributed by atoms with Crippen LogP contribution in [0.5, 0.6) is 0 Å². The summed E-state index contributed by atoms with van der Waals surface area (Å²) in [5, 5.41) is 7.95. The number of piperidine rings is 1. The van der Waals surface area contributed by atoms with Crippen LogP contribution in [0.3, 0.4) is 0 Å². The van der Waals surface area contributed by atoms with Crippen LogP contribution >= 0.6 is 11.3 Å². The fraction of sp³-hybridized carbons (Fsp3) is 0.538. The zero-order valence-corrected chi connectivity index (χ0v) is 13.5. The summed E-state index contributed by atoms with van der Waals surface area (Å²) in [5.41, 5.74) is 0. The average molecular weight is 326 g/mol. The van der Waals surface area contributed by atoms with Crippen LogP contribution in [0.1, 0.15) is 23.8 Å². The van der Waals surface area contributed by atoms with Gasteiger partial charge in [-0.25, -0.2) is 13.1 Å². The second-order valence-corrected chi connectivity index (χ2v) is 8.82. The van der Waals surface area contributed by atoms with Crippen LogP contribution in [0.25, 0.3) is 0 Å². The van der Waals surface area contributed by atoms with Gasteiger partial charge in [0, 0.05) is 30.4 Å². The summed E-state index contributed by atoms with van der Waals surface area (Å²) in [6, 6.07) is 3.98. The van der Waals surface area contributed by atoms with Crippen LogP contribution in [-0.2, 0) is 16.4 Å². The maximum Gasteiger partial charge on any atom is 0.184 e. The lowest BCUT2D eigenvalue weighted by Gasteiger charge is -2.32. The largest absolute Gasteiger partial charge is 0.296 e. The predicted molar refractivity (Wildman–Crippen MR) is 81.0 cm³/mol. The van der Waals surface area contributed by atoms with E-state index in [2.05, 4.69) is 15.2 Å². The van der Waals surface area contributed by atoms with Gasteiger partial charge < -0.3 is 0 Å². The molecule has 0 bridgehead atoms. The molecule has 1 aliphatic heterocycles. The smallest absolute Gasteiger partial charge is 0.184 e. The zero-order valence-electron chi connectivity index (χ0n) is 11.8. The van der Waals surface area contributed by atoms with E-state index in [1.165, 1.54) is 17.6 Å². The molecule has 0 N–H and O–H groups in total. The van der Waals surface area contributed by atoms with Crippen molar-refractivity contribution in [2.75, 3.05) is 19.3 Å². The lowest BCUT2D eigenvalue weighted by atomic mass is 10.1. The number of aromatic nitrogens is 3. The minimum atomic E-state index is -3.09. The van der Waals surface area contributed by atoms with Crippen molar-refractivity contribution in [3.05, 3.63) is 29.4 Å². The van der Waals surface area contributed by atoms with Gasteiger partial charge in [0.1, 0.15) is 4.21 Å². The molecule has 0 aromatic carbocycles. The van der Waals surface area contributed by atoms with Gasteiger partial charge in [-0.2, -0.15) is 0 Å². The lowest BCUT2D eigenvalue weighted by molar-refractivity contribution is 0.163. The number of hydrogen-bond acceptors (Lipinski definition) is 6. The van der Waals surface area contributed by atoms with Crippen molar-refractivity contribution in [1.82, 2.24) is 19.9 Å². The molecule has 3 heterocycles. The van der Waals surface area contributed by atoms with Gasteiger partial charge in [-0.1, -0.05) is 5.21 Å². The van der Waals surface area contributed by atoms with E-state index in [0.717, 1.165) is 37.4 Å². The van der Waals surface area contributed by atoms with Crippen molar-refractivity contribution in [2.24, 2.45) is 0 Å². The van der Waals surface area contributed by atoms with Crippen molar-refractivity contribution in [3.8, 4) is 0 Å². The van der Waals surface area contributed by atoms with Crippen molar-refractivity contribution >= 4 is 21.2 Å². The molecule has 1 atom stereocenters. The fourth-order valence-corrected chi connectivity index (χ4v) is 4.69. The third-order valence-electron chi connectivity index (χ3n) is 3.68. The molecule has 0 aliphatic carbocycles. The Morgan fingerprint density at radius 1 is 1.43 bits per heavy atom. The summed E-state index contributed by atoms with van der Waals surface area (Å²) < 4.78 is 25.4. The highest BCUT2D eigenvalue weighted by molar-refractivity contribution is 7.92. The minimum absolute atomic E-state index is 0.357. The molecule has 0 radical (unpaired) electrons. The van der Waals surface area contributed by atoms with E-state index in [0.29, 0.717) is 10.3 Å². The standard InChI is InChI=1S/C13H18N4O2S2/c1-21(18,19)13-5-4-12(20-13)10-16-7-2-3-11(9-16)17-8-6-14-15-17/h4-6,8,11H,2-3,7,9-10H2,1H3. The summed E-state index contributed by atoms with van der Waals surface area (Å²) in [4.78, 5) is 3.45. The Morgan fingerprint density at radius 2 is 2.29 bits per heavy atom. The number of sulfone groups is 1. The van der Waals surface area contributed by atoms with E-state index in [1.807, 2.05) is 16.9 Å². The van der Waals surface area contributed by atoms with Gasteiger partial charge >= 0.3 is 0 Å². The predicted octanol–water partition coefficient (Wildman–Crippen LogP) is 1.58. The first-order valence-electron chi connectivity index (χ1n) is 6.89. The molecule has 114 valence electrons. The number of nitrogens with zero attached hydrogens (tertiary/aromatic N) is 4. The Morgan fingerprint density at radius 3 is 2.95 bits per heavy atom. The highest BCUT2D eigenvalue weighted by Crippen LogP contribution is 2.26. The van der Waals surface area contributed by atoms with Crippen LogP contribution < -0.4 is 0 Å². The summed E-state index contributed by atoms with van der Waals surface area (Å²) in [6.07, 6.45) is 7.09. The zero-order chi connectivity index (χ0) is 14.9. The van der Waals surface area contributed by atoms with E-state index in [-0.39, 0.29) is 0 Å². The monoisotopic (exact) mass is 326 g/mol. The SMILES string of the molecule is CS(=O)(=O)c1ccc(CN2CCCC(n3ccnn3)C2)s1. The first kappa shape index (κ1) is 14.7. The van der Waals surface area contributed by atoms with Gasteiger partial charge in [0.2, 0.25) is 0 Å². The van der Waals surface area contributed by atoms with Crippen LogP contribution in [0.15, 0.2) is 28.7 Å². The minimum Gasteiger partial charge on any atom is -0.296 e. The molecule has 2 aromatic rings. The highest BCUT2D eigenvalue weighted by Gasteiger charge is 2.22. The highest BCUT2D eigenvalue weighted by atomic mass is 32.2. The van der Waals surface area contributed by atoms with Crippen LogP contribution in [0, 0.1) is 0 Å². The molecule has 3 rings (SSSR count). The van der Waals surface area contributed by atoms with E-state index in [1.54, 1.807) is 12.3 Å². The second kappa shape index (κ2) is 5.86. The van der Waals surface area contributed by atoms with Crippen molar-refractivity contribution < 1.29 is 8.42 Å². The molecule has 0 saturated carbocycles. The number of likely N-dealkylation sites (tertiary alicyclic amines) is 1. The maximum absolute atomic E-state index is 11.5. The van der Waals surface area contributed by atoms with Gasteiger partial charge in [0.05, 0.1) is 12.2 Å². The van der Waals surface area contributed by atoms with Crippen molar-refractivity contribution in [2.45, 2.75) is 29.6 Å². The van der Waals surface area contributed by atoms with Gasteiger partial charge in [0.25, 0.3) is 0 Å².